The summed E-state index contributed by atoms with van der Waals surface area (Å²) in [6.45, 7) is 0.857. The number of piperidine rings is 1. The molecule has 134 valence electrons. The number of fused-ring (bicyclic) bond motifs is 1. The van der Waals surface area contributed by atoms with Crippen LogP contribution >= 0.6 is 0 Å². The Morgan fingerprint density at radius 2 is 1.84 bits per heavy atom. The SMILES string of the molecule is Cn1c(=O)c2c(ncn2CC(=O)N2CCC(C(N)=O)CC2)n(C)c1=O. The first-order valence-electron chi connectivity index (χ1n) is 7.99. The number of carbonyl (C=O) groups excluding carboxylic acids is 2. The maximum absolute atomic E-state index is 12.5. The van der Waals surface area contributed by atoms with Crippen LogP contribution in [0.5, 0.6) is 0 Å². The third-order valence-electron chi connectivity index (χ3n) is 4.77. The Labute approximate surface area is 142 Å². The summed E-state index contributed by atoms with van der Waals surface area (Å²) in [7, 11) is 2.91. The number of carbonyl (C=O) groups is 2. The normalized spacial score (nSPS) is 15.7. The minimum Gasteiger partial charge on any atom is -0.369 e. The molecule has 2 aromatic rings. The van der Waals surface area contributed by atoms with E-state index in [4.69, 9.17) is 5.73 Å². The van der Waals surface area contributed by atoms with E-state index >= 15 is 0 Å². The number of hydrogen-bond donors (Lipinski definition) is 1. The number of nitrogens with two attached hydrogens (primary N) is 1. The summed E-state index contributed by atoms with van der Waals surface area (Å²) in [5.74, 6) is -0.699. The highest BCUT2D eigenvalue weighted by molar-refractivity contribution is 5.80. The number of rotatable bonds is 3. The Morgan fingerprint density at radius 3 is 2.44 bits per heavy atom. The van der Waals surface area contributed by atoms with Gasteiger partial charge in [-0.2, -0.15) is 0 Å². The summed E-state index contributed by atoms with van der Waals surface area (Å²) < 4.78 is 3.72. The van der Waals surface area contributed by atoms with Crippen molar-refractivity contribution in [2.24, 2.45) is 25.7 Å². The smallest absolute Gasteiger partial charge is 0.332 e. The predicted octanol–water partition coefficient (Wildman–Crippen LogP) is -1.84. The molecule has 0 aliphatic carbocycles. The van der Waals surface area contributed by atoms with Crippen LogP contribution in [0.1, 0.15) is 12.8 Å². The molecular weight excluding hydrogens is 328 g/mol. The van der Waals surface area contributed by atoms with E-state index in [9.17, 15) is 19.2 Å². The number of imidazole rings is 1. The van der Waals surface area contributed by atoms with Crippen molar-refractivity contribution in [3.05, 3.63) is 27.2 Å². The summed E-state index contributed by atoms with van der Waals surface area (Å²) in [4.78, 5) is 53.8. The lowest BCUT2D eigenvalue weighted by Crippen LogP contribution is -2.43. The molecule has 1 aliphatic rings. The van der Waals surface area contributed by atoms with Crippen molar-refractivity contribution < 1.29 is 9.59 Å². The molecule has 0 saturated carbocycles. The fraction of sp³-hybridized carbons (Fsp3) is 0.533. The molecule has 1 saturated heterocycles. The molecule has 3 heterocycles. The molecule has 0 atom stereocenters. The number of aryl methyl sites for hydroxylation is 1. The van der Waals surface area contributed by atoms with Crippen LogP contribution in [0.25, 0.3) is 11.2 Å². The molecule has 3 rings (SSSR count). The maximum Gasteiger partial charge on any atom is 0.332 e. The van der Waals surface area contributed by atoms with Crippen LogP contribution in [0.2, 0.25) is 0 Å². The Bertz CT molecular complexity index is 961. The highest BCUT2D eigenvalue weighted by Crippen LogP contribution is 2.17. The number of primary amides is 1. The van der Waals surface area contributed by atoms with Gasteiger partial charge in [-0.25, -0.2) is 9.78 Å². The molecule has 0 spiro atoms. The monoisotopic (exact) mass is 348 g/mol. The summed E-state index contributed by atoms with van der Waals surface area (Å²) in [5.41, 5.74) is 4.80. The largest absolute Gasteiger partial charge is 0.369 e. The van der Waals surface area contributed by atoms with E-state index in [0.717, 1.165) is 4.57 Å². The second-order valence-corrected chi connectivity index (χ2v) is 6.31. The molecule has 2 aromatic heterocycles. The molecule has 0 bridgehead atoms. The molecule has 0 unspecified atom stereocenters. The van der Waals surface area contributed by atoms with Crippen molar-refractivity contribution in [2.45, 2.75) is 19.4 Å². The third-order valence-corrected chi connectivity index (χ3v) is 4.77. The highest BCUT2D eigenvalue weighted by Gasteiger charge is 2.26. The van der Waals surface area contributed by atoms with Gasteiger partial charge in [0.25, 0.3) is 5.56 Å². The Balaban J connectivity index is 1.85. The maximum atomic E-state index is 12.5. The zero-order chi connectivity index (χ0) is 18.3. The standard InChI is InChI=1S/C15H20N6O4/c1-18-13-11(14(24)19(2)15(18)25)21(8-17-13)7-10(22)20-5-3-9(4-6-20)12(16)23/h8-9H,3-7H2,1-2H3,(H2,16,23). The molecule has 25 heavy (non-hydrogen) atoms. The second kappa shape index (κ2) is 6.19. The summed E-state index contributed by atoms with van der Waals surface area (Å²) in [5, 5.41) is 0. The van der Waals surface area contributed by atoms with Crippen molar-refractivity contribution in [2.75, 3.05) is 13.1 Å². The van der Waals surface area contributed by atoms with Crippen molar-refractivity contribution >= 4 is 23.0 Å². The van der Waals surface area contributed by atoms with E-state index in [1.54, 1.807) is 4.90 Å². The van der Waals surface area contributed by atoms with Crippen LogP contribution in [-0.2, 0) is 30.2 Å². The van der Waals surface area contributed by atoms with Crippen LogP contribution in [0.4, 0.5) is 0 Å². The lowest BCUT2D eigenvalue weighted by molar-refractivity contribution is -0.135. The Morgan fingerprint density at radius 1 is 1.20 bits per heavy atom. The fourth-order valence-electron chi connectivity index (χ4n) is 3.18. The average molecular weight is 348 g/mol. The van der Waals surface area contributed by atoms with Gasteiger partial charge >= 0.3 is 5.69 Å². The lowest BCUT2D eigenvalue weighted by Gasteiger charge is -2.30. The van der Waals surface area contributed by atoms with Crippen molar-refractivity contribution in [3.8, 4) is 0 Å². The number of hydrogen-bond acceptors (Lipinski definition) is 5. The molecule has 2 N–H and O–H groups in total. The van der Waals surface area contributed by atoms with Gasteiger partial charge in [0.05, 0.1) is 6.33 Å². The third kappa shape index (κ3) is 2.83. The molecule has 0 radical (unpaired) electrons. The van der Waals surface area contributed by atoms with Crippen LogP contribution in [-0.4, -0.2) is 48.5 Å². The number of amides is 2. The molecular formula is C15H20N6O4. The first-order chi connectivity index (χ1) is 11.8. The Kier molecular flexibility index (Phi) is 4.19. The molecule has 2 amide bonds. The summed E-state index contributed by atoms with van der Waals surface area (Å²) in [6.07, 6.45) is 2.48. The zero-order valence-electron chi connectivity index (χ0n) is 14.1. The first-order valence-corrected chi connectivity index (χ1v) is 7.99. The number of aromatic nitrogens is 4. The molecule has 1 fully saturated rings. The van der Waals surface area contributed by atoms with Gasteiger partial charge < -0.3 is 15.2 Å². The minimum absolute atomic E-state index is 0.0504. The van der Waals surface area contributed by atoms with Crippen molar-refractivity contribution in [3.63, 3.8) is 0 Å². The van der Waals surface area contributed by atoms with Gasteiger partial charge in [0.1, 0.15) is 6.54 Å². The molecule has 1 aliphatic heterocycles. The van der Waals surface area contributed by atoms with E-state index in [-0.39, 0.29) is 35.4 Å². The van der Waals surface area contributed by atoms with Gasteiger partial charge in [-0.05, 0) is 12.8 Å². The summed E-state index contributed by atoms with van der Waals surface area (Å²) >= 11 is 0. The Hall–Kier alpha value is -2.91. The van der Waals surface area contributed by atoms with Gasteiger partial charge in [-0.15, -0.1) is 0 Å². The fourth-order valence-corrected chi connectivity index (χ4v) is 3.18. The summed E-state index contributed by atoms with van der Waals surface area (Å²) in [6, 6.07) is 0. The number of likely N-dealkylation sites (tertiary alicyclic amines) is 1. The van der Waals surface area contributed by atoms with Crippen molar-refractivity contribution in [1.29, 1.82) is 0 Å². The highest BCUT2D eigenvalue weighted by atomic mass is 16.2. The van der Waals surface area contributed by atoms with Crippen LogP contribution in [0.15, 0.2) is 15.9 Å². The topological polar surface area (TPSA) is 125 Å². The number of nitrogens with zero attached hydrogens (tertiary/aromatic N) is 5. The van der Waals surface area contributed by atoms with E-state index in [1.807, 2.05) is 0 Å². The minimum atomic E-state index is -0.490. The average Bonchev–Trinajstić information content (AvgIpc) is 3.01. The van der Waals surface area contributed by atoms with E-state index in [0.29, 0.717) is 25.9 Å². The van der Waals surface area contributed by atoms with E-state index < -0.39 is 11.2 Å². The van der Waals surface area contributed by atoms with Crippen molar-refractivity contribution in [1.82, 2.24) is 23.6 Å². The second-order valence-electron chi connectivity index (χ2n) is 6.31. The van der Waals surface area contributed by atoms with E-state index in [2.05, 4.69) is 4.98 Å². The zero-order valence-corrected chi connectivity index (χ0v) is 14.1. The molecule has 0 aromatic carbocycles. The predicted molar refractivity (Wildman–Crippen MR) is 88.7 cm³/mol. The van der Waals surface area contributed by atoms with Crippen LogP contribution in [0, 0.1) is 5.92 Å². The molecule has 10 heteroatoms. The van der Waals surface area contributed by atoms with Crippen LogP contribution in [0.3, 0.4) is 0 Å². The van der Waals surface area contributed by atoms with Gasteiger partial charge in [0.2, 0.25) is 11.8 Å². The van der Waals surface area contributed by atoms with Crippen LogP contribution < -0.4 is 17.0 Å². The van der Waals surface area contributed by atoms with Gasteiger partial charge in [0.15, 0.2) is 11.2 Å². The van der Waals surface area contributed by atoms with Gasteiger partial charge in [-0.1, -0.05) is 0 Å². The first kappa shape index (κ1) is 16.9. The van der Waals surface area contributed by atoms with Gasteiger partial charge in [0, 0.05) is 33.1 Å². The molecule has 10 nitrogen and oxygen atoms in total. The van der Waals surface area contributed by atoms with Gasteiger partial charge in [-0.3, -0.25) is 23.5 Å². The lowest BCUT2D eigenvalue weighted by atomic mass is 9.96. The van der Waals surface area contributed by atoms with E-state index in [1.165, 1.54) is 29.6 Å². The quantitative estimate of drug-likeness (QED) is 0.697.